The lowest BCUT2D eigenvalue weighted by molar-refractivity contribution is -0.312. The Kier molecular flexibility index (Phi) is 3.38. The van der Waals surface area contributed by atoms with Gasteiger partial charge in [0.05, 0.1) is 4.47 Å². The number of hydrogen-bond acceptors (Lipinski definition) is 5. The SMILES string of the molecule is O=C([O-])C1CCN(c2ncc(Br)cn2)CC1. The Hall–Kier alpha value is -1.17. The van der Waals surface area contributed by atoms with Crippen LogP contribution in [-0.4, -0.2) is 29.0 Å². The lowest BCUT2D eigenvalue weighted by atomic mass is 9.97. The largest absolute Gasteiger partial charge is 0.550 e. The predicted octanol–water partition coefficient (Wildman–Crippen LogP) is 0.205. The van der Waals surface area contributed by atoms with Crippen LogP contribution in [0.4, 0.5) is 5.95 Å². The molecule has 0 aliphatic carbocycles. The molecule has 0 spiro atoms. The van der Waals surface area contributed by atoms with Crippen molar-refractivity contribution in [3.05, 3.63) is 16.9 Å². The third kappa shape index (κ3) is 2.49. The molecule has 0 aromatic carbocycles. The summed E-state index contributed by atoms with van der Waals surface area (Å²) in [6.45, 7) is 1.33. The number of anilines is 1. The molecule has 2 heterocycles. The van der Waals surface area contributed by atoms with Gasteiger partial charge in [-0.2, -0.15) is 0 Å². The van der Waals surface area contributed by atoms with E-state index in [-0.39, 0.29) is 5.92 Å². The molecule has 1 aromatic rings. The molecule has 0 unspecified atom stereocenters. The Morgan fingerprint density at radius 1 is 1.38 bits per heavy atom. The van der Waals surface area contributed by atoms with Crippen LogP contribution >= 0.6 is 15.9 Å². The minimum atomic E-state index is -0.948. The van der Waals surface area contributed by atoms with Crippen molar-refractivity contribution in [1.29, 1.82) is 0 Å². The number of hydrogen-bond donors (Lipinski definition) is 0. The van der Waals surface area contributed by atoms with Gasteiger partial charge in [-0.3, -0.25) is 0 Å². The van der Waals surface area contributed by atoms with E-state index in [1.54, 1.807) is 12.4 Å². The monoisotopic (exact) mass is 284 g/mol. The predicted molar refractivity (Wildman–Crippen MR) is 59.7 cm³/mol. The summed E-state index contributed by atoms with van der Waals surface area (Å²) in [6.07, 6.45) is 4.57. The van der Waals surface area contributed by atoms with Crippen molar-refractivity contribution in [3.8, 4) is 0 Å². The van der Waals surface area contributed by atoms with Crippen LogP contribution in [-0.2, 0) is 4.79 Å². The van der Waals surface area contributed by atoms with Gasteiger partial charge in [-0.25, -0.2) is 9.97 Å². The van der Waals surface area contributed by atoms with Gasteiger partial charge >= 0.3 is 0 Å². The summed E-state index contributed by atoms with van der Waals surface area (Å²) in [7, 11) is 0. The van der Waals surface area contributed by atoms with Crippen LogP contribution in [0.25, 0.3) is 0 Å². The molecule has 5 nitrogen and oxygen atoms in total. The number of halogens is 1. The average Bonchev–Trinajstić information content (AvgIpc) is 2.30. The van der Waals surface area contributed by atoms with E-state index >= 15 is 0 Å². The molecule has 6 heteroatoms. The van der Waals surface area contributed by atoms with E-state index in [1.165, 1.54) is 0 Å². The Morgan fingerprint density at radius 3 is 2.44 bits per heavy atom. The van der Waals surface area contributed by atoms with Gasteiger partial charge in [0.2, 0.25) is 5.95 Å². The second-order valence-electron chi connectivity index (χ2n) is 3.78. The van der Waals surface area contributed by atoms with Crippen molar-refractivity contribution in [2.24, 2.45) is 5.92 Å². The van der Waals surface area contributed by atoms with Crippen LogP contribution in [0, 0.1) is 5.92 Å². The first-order valence-electron chi connectivity index (χ1n) is 5.10. The summed E-state index contributed by atoms with van der Waals surface area (Å²) in [5, 5.41) is 10.7. The van der Waals surface area contributed by atoms with Crippen LogP contribution in [0.3, 0.4) is 0 Å². The zero-order chi connectivity index (χ0) is 11.5. The van der Waals surface area contributed by atoms with Crippen LogP contribution in [0.5, 0.6) is 0 Å². The standard InChI is InChI=1S/C10H12BrN3O2/c11-8-5-12-10(13-6-8)14-3-1-7(2-4-14)9(15)16/h5-7H,1-4H2,(H,15,16)/p-1. The van der Waals surface area contributed by atoms with Gasteiger partial charge in [-0.1, -0.05) is 0 Å². The smallest absolute Gasteiger partial charge is 0.225 e. The summed E-state index contributed by atoms with van der Waals surface area (Å²) in [4.78, 5) is 21.0. The molecule has 1 aliphatic rings. The number of aromatic nitrogens is 2. The topological polar surface area (TPSA) is 69.2 Å². The Bertz CT molecular complexity index is 374. The second kappa shape index (κ2) is 4.78. The normalized spacial score (nSPS) is 17.4. The number of carbonyl (C=O) groups is 1. The van der Waals surface area contributed by atoms with Gasteiger partial charge in [-0.05, 0) is 28.8 Å². The quantitative estimate of drug-likeness (QED) is 0.776. The first kappa shape index (κ1) is 11.3. The summed E-state index contributed by atoms with van der Waals surface area (Å²) in [5.41, 5.74) is 0. The van der Waals surface area contributed by atoms with Gasteiger partial charge < -0.3 is 14.8 Å². The minimum absolute atomic E-state index is 0.327. The highest BCUT2D eigenvalue weighted by Crippen LogP contribution is 2.20. The molecule has 1 fully saturated rings. The van der Waals surface area contributed by atoms with Crippen molar-refractivity contribution in [2.45, 2.75) is 12.8 Å². The highest BCUT2D eigenvalue weighted by Gasteiger charge is 2.21. The molecule has 2 rings (SSSR count). The van der Waals surface area contributed by atoms with Crippen LogP contribution in [0.2, 0.25) is 0 Å². The molecule has 0 radical (unpaired) electrons. The zero-order valence-corrected chi connectivity index (χ0v) is 10.2. The molecule has 0 bridgehead atoms. The Labute approximate surface area is 102 Å². The summed E-state index contributed by atoms with van der Waals surface area (Å²) >= 11 is 3.27. The molecular formula is C10H11BrN3O2-. The number of nitrogens with zero attached hydrogens (tertiary/aromatic N) is 3. The summed E-state index contributed by atoms with van der Waals surface area (Å²) in [5.74, 6) is -0.622. The first-order chi connectivity index (χ1) is 7.66. The molecular weight excluding hydrogens is 274 g/mol. The van der Waals surface area contributed by atoms with Gasteiger partial charge in [0.25, 0.3) is 0 Å². The van der Waals surface area contributed by atoms with Crippen molar-refractivity contribution < 1.29 is 9.90 Å². The van der Waals surface area contributed by atoms with Crippen LogP contribution in [0.1, 0.15) is 12.8 Å². The molecule has 1 saturated heterocycles. The fourth-order valence-corrected chi connectivity index (χ4v) is 1.99. The highest BCUT2D eigenvalue weighted by atomic mass is 79.9. The van der Waals surface area contributed by atoms with Crippen LogP contribution in [0.15, 0.2) is 16.9 Å². The van der Waals surface area contributed by atoms with E-state index < -0.39 is 5.97 Å². The maximum Gasteiger partial charge on any atom is 0.225 e. The van der Waals surface area contributed by atoms with Crippen molar-refractivity contribution in [3.63, 3.8) is 0 Å². The highest BCUT2D eigenvalue weighted by molar-refractivity contribution is 9.10. The fraction of sp³-hybridized carbons (Fsp3) is 0.500. The Balaban J connectivity index is 1.99. The van der Waals surface area contributed by atoms with Crippen molar-refractivity contribution in [1.82, 2.24) is 9.97 Å². The third-order valence-corrected chi connectivity index (χ3v) is 3.13. The van der Waals surface area contributed by atoms with Crippen LogP contribution < -0.4 is 10.0 Å². The molecule has 0 atom stereocenters. The number of carboxylic acid groups (broad SMARTS) is 1. The minimum Gasteiger partial charge on any atom is -0.550 e. The number of carbonyl (C=O) groups excluding carboxylic acids is 1. The molecule has 1 aliphatic heterocycles. The average molecular weight is 285 g/mol. The molecule has 0 saturated carbocycles. The number of piperidine rings is 1. The van der Waals surface area contributed by atoms with Gasteiger partial charge in [0, 0.05) is 37.4 Å². The number of rotatable bonds is 2. The van der Waals surface area contributed by atoms with E-state index in [9.17, 15) is 9.90 Å². The summed E-state index contributed by atoms with van der Waals surface area (Å²) in [6, 6.07) is 0. The molecule has 86 valence electrons. The maximum absolute atomic E-state index is 10.7. The zero-order valence-electron chi connectivity index (χ0n) is 8.60. The second-order valence-corrected chi connectivity index (χ2v) is 4.70. The summed E-state index contributed by atoms with van der Waals surface area (Å²) < 4.78 is 0.834. The number of carboxylic acids is 1. The lowest BCUT2D eigenvalue weighted by Gasteiger charge is -2.32. The third-order valence-electron chi connectivity index (χ3n) is 2.72. The number of aliphatic carboxylic acids is 1. The molecule has 1 aromatic heterocycles. The fourth-order valence-electron chi connectivity index (χ4n) is 1.78. The molecule has 0 amide bonds. The lowest BCUT2D eigenvalue weighted by Crippen LogP contribution is -2.41. The van der Waals surface area contributed by atoms with Crippen molar-refractivity contribution in [2.75, 3.05) is 18.0 Å². The van der Waals surface area contributed by atoms with E-state index in [0.717, 1.165) is 4.47 Å². The Morgan fingerprint density at radius 2 is 1.94 bits per heavy atom. The first-order valence-corrected chi connectivity index (χ1v) is 5.89. The van der Waals surface area contributed by atoms with Gasteiger partial charge in [0.15, 0.2) is 0 Å². The maximum atomic E-state index is 10.7. The van der Waals surface area contributed by atoms with Crippen molar-refractivity contribution >= 4 is 27.8 Å². The molecule has 0 N–H and O–H groups in total. The van der Waals surface area contributed by atoms with Gasteiger partial charge in [-0.15, -0.1) is 0 Å². The van der Waals surface area contributed by atoms with E-state index in [0.29, 0.717) is 31.9 Å². The van der Waals surface area contributed by atoms with Gasteiger partial charge in [0.1, 0.15) is 0 Å². The molecule has 16 heavy (non-hydrogen) atoms. The van der Waals surface area contributed by atoms with E-state index in [2.05, 4.69) is 25.9 Å². The van der Waals surface area contributed by atoms with E-state index in [1.807, 2.05) is 4.90 Å². The van der Waals surface area contributed by atoms with E-state index in [4.69, 9.17) is 0 Å².